The number of hydrogen-bond acceptors (Lipinski definition) is 6. The van der Waals surface area contributed by atoms with E-state index in [2.05, 4.69) is 21.4 Å². The predicted octanol–water partition coefficient (Wildman–Crippen LogP) is 4.03. The van der Waals surface area contributed by atoms with Crippen molar-refractivity contribution in [3.05, 3.63) is 87.9 Å². The highest BCUT2D eigenvalue weighted by Gasteiger charge is 2.60. The van der Waals surface area contributed by atoms with E-state index >= 15 is 0 Å². The maximum absolute atomic E-state index is 13.8. The smallest absolute Gasteiger partial charge is 0.268 e. The van der Waals surface area contributed by atoms with Gasteiger partial charge in [-0.3, -0.25) is 19.4 Å². The first kappa shape index (κ1) is 24.0. The van der Waals surface area contributed by atoms with Gasteiger partial charge < -0.3 is 9.47 Å². The highest BCUT2D eigenvalue weighted by molar-refractivity contribution is 9.10. The van der Waals surface area contributed by atoms with Crippen molar-refractivity contribution in [1.82, 2.24) is 10.4 Å². The van der Waals surface area contributed by atoms with E-state index in [1.54, 1.807) is 61.7 Å². The molecule has 9 heteroatoms. The number of imide groups is 1. The summed E-state index contributed by atoms with van der Waals surface area (Å²) in [5.41, 5.74) is 5.58. The topological polar surface area (TPSA) is 88.2 Å². The summed E-state index contributed by atoms with van der Waals surface area (Å²) < 4.78 is 11.6. The number of halogens is 1. The number of carbonyl (C=O) groups excluding carboxylic acids is 3. The molecule has 1 N–H and O–H groups in total. The lowest BCUT2D eigenvalue weighted by Gasteiger charge is -2.26. The monoisotopic (exact) mass is 549 g/mol. The zero-order valence-electron chi connectivity index (χ0n) is 19.9. The third-order valence-electron chi connectivity index (χ3n) is 6.56. The highest BCUT2D eigenvalue weighted by atomic mass is 79.9. The molecule has 0 unspecified atom stereocenters. The molecule has 0 aromatic heterocycles. The Morgan fingerprint density at radius 2 is 1.72 bits per heavy atom. The molecule has 2 aliphatic heterocycles. The van der Waals surface area contributed by atoms with E-state index in [4.69, 9.17) is 9.47 Å². The van der Waals surface area contributed by atoms with Crippen LogP contribution < -0.4 is 19.8 Å². The fourth-order valence-corrected chi connectivity index (χ4v) is 5.29. The van der Waals surface area contributed by atoms with Crippen molar-refractivity contribution in [3.8, 4) is 11.5 Å². The van der Waals surface area contributed by atoms with Gasteiger partial charge in [0.1, 0.15) is 17.5 Å². The van der Waals surface area contributed by atoms with Gasteiger partial charge in [-0.1, -0.05) is 34.1 Å². The van der Waals surface area contributed by atoms with Crippen LogP contribution in [0.1, 0.15) is 27.5 Å². The van der Waals surface area contributed by atoms with Crippen LogP contribution in [-0.2, 0) is 9.59 Å². The second kappa shape index (κ2) is 9.40. The lowest BCUT2D eigenvalue weighted by Crippen LogP contribution is -2.48. The van der Waals surface area contributed by atoms with Gasteiger partial charge in [-0.25, -0.2) is 10.3 Å². The van der Waals surface area contributed by atoms with Crippen LogP contribution in [0.25, 0.3) is 0 Å². The highest BCUT2D eigenvalue weighted by Crippen LogP contribution is 2.45. The van der Waals surface area contributed by atoms with E-state index in [-0.39, 0.29) is 5.91 Å². The number of hydrazine groups is 1. The Hall–Kier alpha value is -3.69. The third-order valence-corrected chi connectivity index (χ3v) is 7.05. The van der Waals surface area contributed by atoms with Crippen molar-refractivity contribution < 1.29 is 23.9 Å². The van der Waals surface area contributed by atoms with E-state index in [0.29, 0.717) is 28.3 Å². The summed E-state index contributed by atoms with van der Waals surface area (Å²) in [5.74, 6) is -1.03. The number of carbonyl (C=O) groups is 3. The quantitative estimate of drug-likeness (QED) is 0.483. The number of nitrogens with zero attached hydrogens (tertiary/aromatic N) is 2. The molecule has 2 heterocycles. The Labute approximate surface area is 216 Å². The van der Waals surface area contributed by atoms with Crippen molar-refractivity contribution in [2.24, 2.45) is 5.92 Å². The standard InChI is InChI=1S/C27H24BrN3O5/c1-15-6-4-9-18(12-15)30-26(33)22-23(20-11-10-19(35-2)14-21(20)36-3)29-31(24(22)27(30)34)25(32)16-7-5-8-17(28)13-16/h4-14,22-24,29H,1-3H3/t22-,23-,24+/m0/s1. The molecular formula is C27H24BrN3O5. The van der Waals surface area contributed by atoms with E-state index in [9.17, 15) is 14.4 Å². The normalized spacial score (nSPS) is 21.1. The molecule has 2 fully saturated rings. The molecule has 0 radical (unpaired) electrons. The summed E-state index contributed by atoms with van der Waals surface area (Å²) in [4.78, 5) is 42.4. The van der Waals surface area contributed by atoms with Crippen LogP contribution >= 0.6 is 15.9 Å². The summed E-state index contributed by atoms with van der Waals surface area (Å²) in [7, 11) is 3.07. The number of rotatable bonds is 5. The molecule has 2 aliphatic rings. The molecule has 3 aromatic carbocycles. The first-order valence-electron chi connectivity index (χ1n) is 11.4. The van der Waals surface area contributed by atoms with Crippen molar-refractivity contribution in [2.75, 3.05) is 19.1 Å². The summed E-state index contributed by atoms with van der Waals surface area (Å²) in [6.07, 6.45) is 0. The molecule has 0 bridgehead atoms. The molecule has 5 rings (SSSR count). The number of ether oxygens (including phenoxy) is 2. The Morgan fingerprint density at radius 1 is 0.944 bits per heavy atom. The van der Waals surface area contributed by atoms with Gasteiger partial charge in [0.2, 0.25) is 5.91 Å². The van der Waals surface area contributed by atoms with Gasteiger partial charge in [0.25, 0.3) is 11.8 Å². The SMILES string of the molecule is COc1ccc([C@@H]2NN(C(=O)c3cccc(Br)c3)[C@H]3C(=O)N(c4cccc(C)c4)C(=O)[C@@H]23)c(OC)c1. The molecule has 3 atom stereocenters. The summed E-state index contributed by atoms with van der Waals surface area (Å²) in [5, 5.41) is 1.29. The van der Waals surface area contributed by atoms with Crippen molar-refractivity contribution >= 4 is 39.3 Å². The van der Waals surface area contributed by atoms with Crippen molar-refractivity contribution in [1.29, 1.82) is 0 Å². The summed E-state index contributed by atoms with van der Waals surface area (Å²) in [6, 6.07) is 17.7. The number of benzene rings is 3. The molecular weight excluding hydrogens is 526 g/mol. The van der Waals surface area contributed by atoms with Gasteiger partial charge in [0.05, 0.1) is 31.9 Å². The van der Waals surface area contributed by atoms with Crippen LogP contribution in [0.15, 0.2) is 71.2 Å². The van der Waals surface area contributed by atoms with E-state index in [1.807, 2.05) is 19.1 Å². The van der Waals surface area contributed by atoms with E-state index in [0.717, 1.165) is 10.0 Å². The van der Waals surface area contributed by atoms with Gasteiger partial charge in [0, 0.05) is 21.7 Å². The van der Waals surface area contributed by atoms with E-state index in [1.165, 1.54) is 17.0 Å². The zero-order chi connectivity index (χ0) is 25.6. The van der Waals surface area contributed by atoms with Gasteiger partial charge in [0.15, 0.2) is 0 Å². The van der Waals surface area contributed by atoms with Crippen molar-refractivity contribution in [2.45, 2.75) is 19.0 Å². The number of aryl methyl sites for hydroxylation is 1. The zero-order valence-corrected chi connectivity index (χ0v) is 21.5. The Kier molecular flexibility index (Phi) is 6.27. The molecule has 0 spiro atoms. The maximum Gasteiger partial charge on any atom is 0.268 e. The molecule has 0 saturated carbocycles. The summed E-state index contributed by atoms with van der Waals surface area (Å²) >= 11 is 3.40. The molecule has 2 saturated heterocycles. The van der Waals surface area contributed by atoms with E-state index < -0.39 is 29.8 Å². The second-order valence-electron chi connectivity index (χ2n) is 8.72. The van der Waals surface area contributed by atoms with Gasteiger partial charge >= 0.3 is 0 Å². The second-order valence-corrected chi connectivity index (χ2v) is 9.64. The van der Waals surface area contributed by atoms with Crippen LogP contribution in [0.5, 0.6) is 11.5 Å². The number of anilines is 1. The molecule has 36 heavy (non-hydrogen) atoms. The average Bonchev–Trinajstić information content (AvgIpc) is 3.39. The largest absolute Gasteiger partial charge is 0.497 e. The average molecular weight is 550 g/mol. The molecule has 0 aliphatic carbocycles. The minimum atomic E-state index is -1.03. The fourth-order valence-electron chi connectivity index (χ4n) is 4.89. The molecule has 8 nitrogen and oxygen atoms in total. The van der Waals surface area contributed by atoms with Crippen LogP contribution in [0.4, 0.5) is 5.69 Å². The van der Waals surface area contributed by atoms with Gasteiger partial charge in [-0.2, -0.15) is 0 Å². The van der Waals surface area contributed by atoms with Gasteiger partial charge in [-0.15, -0.1) is 0 Å². The van der Waals surface area contributed by atoms with Crippen LogP contribution in [0.2, 0.25) is 0 Å². The Balaban J connectivity index is 1.62. The Morgan fingerprint density at radius 3 is 2.42 bits per heavy atom. The fraction of sp³-hybridized carbons (Fsp3) is 0.222. The minimum Gasteiger partial charge on any atom is -0.497 e. The first-order chi connectivity index (χ1) is 17.3. The lowest BCUT2D eigenvalue weighted by molar-refractivity contribution is -0.123. The number of methoxy groups -OCH3 is 2. The van der Waals surface area contributed by atoms with Crippen LogP contribution in [0.3, 0.4) is 0 Å². The summed E-state index contributed by atoms with van der Waals surface area (Å²) in [6.45, 7) is 1.89. The third kappa shape index (κ3) is 3.94. The Bertz CT molecular complexity index is 1380. The number of hydrogen-bond donors (Lipinski definition) is 1. The van der Waals surface area contributed by atoms with Crippen LogP contribution in [0, 0.1) is 12.8 Å². The first-order valence-corrected chi connectivity index (χ1v) is 12.1. The maximum atomic E-state index is 13.8. The van der Waals surface area contributed by atoms with Crippen LogP contribution in [-0.4, -0.2) is 43.0 Å². The minimum absolute atomic E-state index is 0.379. The predicted molar refractivity (Wildman–Crippen MR) is 137 cm³/mol. The molecule has 3 aromatic rings. The number of fused-ring (bicyclic) bond motifs is 1. The molecule has 3 amide bonds. The molecule has 184 valence electrons. The lowest BCUT2D eigenvalue weighted by atomic mass is 9.90. The number of amides is 3. The van der Waals surface area contributed by atoms with Crippen molar-refractivity contribution in [3.63, 3.8) is 0 Å². The van der Waals surface area contributed by atoms with Gasteiger partial charge in [-0.05, 0) is 55.0 Å². The number of nitrogens with one attached hydrogen (secondary N) is 1.